The van der Waals surface area contributed by atoms with Crippen molar-refractivity contribution in [2.45, 2.75) is 44.7 Å². The van der Waals surface area contributed by atoms with Crippen molar-refractivity contribution in [2.24, 2.45) is 0 Å². The number of carbonyl (C=O) groups is 2. The van der Waals surface area contributed by atoms with Crippen LogP contribution in [0.2, 0.25) is 0 Å². The lowest BCUT2D eigenvalue weighted by molar-refractivity contribution is -0.143. The number of nitrogens with zero attached hydrogens (tertiary/aromatic N) is 2. The number of amides is 2. The molecule has 0 aromatic heterocycles. The molecule has 0 saturated carbocycles. The Morgan fingerprint density at radius 3 is 2.53 bits per heavy atom. The Morgan fingerprint density at radius 2 is 2.00 bits per heavy atom. The van der Waals surface area contributed by atoms with Gasteiger partial charge in [0.05, 0.1) is 0 Å². The molecule has 1 heterocycles. The van der Waals surface area contributed by atoms with Gasteiger partial charge in [-0.05, 0) is 47.2 Å². The summed E-state index contributed by atoms with van der Waals surface area (Å²) in [6, 6.07) is -0.960. The van der Waals surface area contributed by atoms with E-state index in [1.54, 1.807) is 0 Å². The van der Waals surface area contributed by atoms with Crippen molar-refractivity contribution in [3.63, 3.8) is 0 Å². The maximum atomic E-state index is 12.1. The van der Waals surface area contributed by atoms with E-state index in [4.69, 9.17) is 5.11 Å². The SMILES string of the molecule is CN(C)C(C)(C)CNC(=O)N1CCCCC1C(=O)O. The average Bonchev–Trinajstić information content (AvgIpc) is 2.35. The van der Waals surface area contributed by atoms with E-state index in [-0.39, 0.29) is 11.6 Å². The van der Waals surface area contributed by atoms with Gasteiger partial charge in [0.2, 0.25) is 0 Å². The summed E-state index contributed by atoms with van der Waals surface area (Å²) in [4.78, 5) is 26.7. The van der Waals surface area contributed by atoms with E-state index in [0.717, 1.165) is 12.8 Å². The zero-order valence-electron chi connectivity index (χ0n) is 12.3. The molecule has 0 aliphatic carbocycles. The second-order valence-electron chi connectivity index (χ2n) is 5.91. The molecule has 6 heteroatoms. The van der Waals surface area contributed by atoms with E-state index >= 15 is 0 Å². The van der Waals surface area contributed by atoms with Gasteiger partial charge in [0, 0.05) is 18.6 Å². The van der Waals surface area contributed by atoms with Crippen LogP contribution in [0.3, 0.4) is 0 Å². The molecule has 1 aliphatic rings. The van der Waals surface area contributed by atoms with Crippen molar-refractivity contribution < 1.29 is 14.7 Å². The van der Waals surface area contributed by atoms with Crippen LogP contribution in [0.5, 0.6) is 0 Å². The Balaban J connectivity index is 2.59. The summed E-state index contributed by atoms with van der Waals surface area (Å²) >= 11 is 0. The number of aliphatic carboxylic acids is 1. The molecule has 1 saturated heterocycles. The van der Waals surface area contributed by atoms with Crippen molar-refractivity contribution in [1.82, 2.24) is 15.1 Å². The Morgan fingerprint density at radius 1 is 1.37 bits per heavy atom. The fourth-order valence-electron chi connectivity index (χ4n) is 1.98. The van der Waals surface area contributed by atoms with Crippen LogP contribution in [0.4, 0.5) is 4.79 Å². The van der Waals surface area contributed by atoms with Gasteiger partial charge in [0.1, 0.15) is 6.04 Å². The van der Waals surface area contributed by atoms with Crippen molar-refractivity contribution in [3.8, 4) is 0 Å². The van der Waals surface area contributed by atoms with E-state index in [1.807, 2.05) is 32.8 Å². The van der Waals surface area contributed by atoms with Crippen LogP contribution >= 0.6 is 0 Å². The van der Waals surface area contributed by atoms with E-state index in [1.165, 1.54) is 4.90 Å². The standard InChI is InChI=1S/C13H25N3O3/c1-13(2,15(3)4)9-14-12(19)16-8-6-5-7-10(16)11(17)18/h10H,5-9H2,1-4H3,(H,14,19)(H,17,18). The molecule has 6 nitrogen and oxygen atoms in total. The molecule has 0 spiro atoms. The first kappa shape index (κ1) is 15.8. The number of carbonyl (C=O) groups excluding carboxylic acids is 1. The third-order valence-corrected chi connectivity index (χ3v) is 3.93. The highest BCUT2D eigenvalue weighted by Crippen LogP contribution is 2.17. The number of hydrogen-bond donors (Lipinski definition) is 2. The number of carboxylic acids is 1. The molecule has 0 aromatic carbocycles. The highest BCUT2D eigenvalue weighted by Gasteiger charge is 2.32. The van der Waals surface area contributed by atoms with Gasteiger partial charge in [-0.2, -0.15) is 0 Å². The van der Waals surface area contributed by atoms with Gasteiger partial charge >= 0.3 is 12.0 Å². The van der Waals surface area contributed by atoms with Crippen LogP contribution in [0.15, 0.2) is 0 Å². The number of likely N-dealkylation sites (N-methyl/N-ethyl adjacent to an activating group) is 1. The molecule has 0 bridgehead atoms. The molecule has 19 heavy (non-hydrogen) atoms. The predicted molar refractivity (Wildman–Crippen MR) is 73.1 cm³/mol. The van der Waals surface area contributed by atoms with Gasteiger partial charge in [0.25, 0.3) is 0 Å². The fraction of sp³-hybridized carbons (Fsp3) is 0.846. The lowest BCUT2D eigenvalue weighted by atomic mass is 10.0. The van der Waals surface area contributed by atoms with Crippen molar-refractivity contribution >= 4 is 12.0 Å². The zero-order valence-corrected chi connectivity index (χ0v) is 12.3. The smallest absolute Gasteiger partial charge is 0.326 e. The Kier molecular flexibility index (Phi) is 5.17. The summed E-state index contributed by atoms with van der Waals surface area (Å²) in [6.07, 6.45) is 2.28. The normalized spacial score (nSPS) is 20.5. The molecular weight excluding hydrogens is 246 g/mol. The van der Waals surface area contributed by atoms with Crippen LogP contribution in [-0.2, 0) is 4.79 Å². The van der Waals surface area contributed by atoms with Crippen molar-refractivity contribution in [1.29, 1.82) is 0 Å². The lowest BCUT2D eigenvalue weighted by Gasteiger charge is -2.36. The third kappa shape index (κ3) is 4.09. The molecule has 0 radical (unpaired) electrons. The first-order valence-corrected chi connectivity index (χ1v) is 6.70. The maximum Gasteiger partial charge on any atom is 0.326 e. The van der Waals surface area contributed by atoms with Crippen LogP contribution in [0.1, 0.15) is 33.1 Å². The molecule has 2 N–H and O–H groups in total. The van der Waals surface area contributed by atoms with Crippen molar-refractivity contribution in [3.05, 3.63) is 0 Å². The van der Waals surface area contributed by atoms with E-state index in [2.05, 4.69) is 5.32 Å². The van der Waals surface area contributed by atoms with Gasteiger partial charge in [0.15, 0.2) is 0 Å². The van der Waals surface area contributed by atoms with Crippen LogP contribution in [-0.4, -0.2) is 65.7 Å². The first-order valence-electron chi connectivity index (χ1n) is 6.70. The fourth-order valence-corrected chi connectivity index (χ4v) is 1.98. The number of rotatable bonds is 4. The highest BCUT2D eigenvalue weighted by molar-refractivity contribution is 5.82. The summed E-state index contributed by atoms with van der Waals surface area (Å²) in [5.41, 5.74) is -0.163. The van der Waals surface area contributed by atoms with E-state index < -0.39 is 12.0 Å². The van der Waals surface area contributed by atoms with E-state index in [9.17, 15) is 9.59 Å². The molecule has 1 fully saturated rings. The summed E-state index contributed by atoms with van der Waals surface area (Å²) in [6.45, 7) is 5.06. The topological polar surface area (TPSA) is 72.9 Å². The Labute approximate surface area is 114 Å². The van der Waals surface area contributed by atoms with Crippen LogP contribution < -0.4 is 5.32 Å². The molecule has 1 atom stereocenters. The average molecular weight is 271 g/mol. The molecule has 1 unspecified atom stereocenters. The molecular formula is C13H25N3O3. The zero-order chi connectivity index (χ0) is 14.6. The summed E-state index contributed by atoms with van der Waals surface area (Å²) < 4.78 is 0. The monoisotopic (exact) mass is 271 g/mol. The second-order valence-corrected chi connectivity index (χ2v) is 5.91. The van der Waals surface area contributed by atoms with Gasteiger partial charge < -0.3 is 20.2 Å². The second kappa shape index (κ2) is 6.23. The Hall–Kier alpha value is -1.30. The predicted octanol–water partition coefficient (Wildman–Crippen LogP) is 0.975. The largest absolute Gasteiger partial charge is 0.480 e. The number of urea groups is 1. The molecule has 1 rings (SSSR count). The third-order valence-electron chi connectivity index (χ3n) is 3.93. The summed E-state index contributed by atoms with van der Waals surface area (Å²) in [5.74, 6) is -0.915. The number of piperidine rings is 1. The van der Waals surface area contributed by atoms with E-state index in [0.29, 0.717) is 19.5 Å². The quantitative estimate of drug-likeness (QED) is 0.799. The number of nitrogens with one attached hydrogen (secondary N) is 1. The van der Waals surface area contributed by atoms with Gasteiger partial charge in [-0.3, -0.25) is 0 Å². The molecule has 0 aromatic rings. The minimum absolute atomic E-state index is 0.163. The summed E-state index contributed by atoms with van der Waals surface area (Å²) in [7, 11) is 3.90. The maximum absolute atomic E-state index is 12.1. The Bertz CT molecular complexity index is 342. The van der Waals surface area contributed by atoms with Crippen LogP contribution in [0, 0.1) is 0 Å². The minimum atomic E-state index is -0.915. The molecule has 1 aliphatic heterocycles. The van der Waals surface area contributed by atoms with Gasteiger partial charge in [-0.1, -0.05) is 0 Å². The lowest BCUT2D eigenvalue weighted by Crippen LogP contribution is -2.55. The van der Waals surface area contributed by atoms with Crippen molar-refractivity contribution in [2.75, 3.05) is 27.2 Å². The molecule has 2 amide bonds. The van der Waals surface area contributed by atoms with Gasteiger partial charge in [-0.25, -0.2) is 9.59 Å². The molecule has 110 valence electrons. The number of likely N-dealkylation sites (tertiary alicyclic amines) is 1. The van der Waals surface area contributed by atoms with Crippen LogP contribution in [0.25, 0.3) is 0 Å². The number of hydrogen-bond acceptors (Lipinski definition) is 3. The number of carboxylic acid groups (broad SMARTS) is 1. The highest BCUT2D eigenvalue weighted by atomic mass is 16.4. The first-order chi connectivity index (χ1) is 8.75. The van der Waals surface area contributed by atoms with Gasteiger partial charge in [-0.15, -0.1) is 0 Å². The summed E-state index contributed by atoms with van der Waals surface area (Å²) in [5, 5.41) is 12.0. The minimum Gasteiger partial charge on any atom is -0.480 e.